The molecule has 3 rings (SSSR count). The predicted octanol–water partition coefficient (Wildman–Crippen LogP) is 0.457. The van der Waals surface area contributed by atoms with Crippen LogP contribution in [0, 0.1) is 0 Å². The van der Waals surface area contributed by atoms with E-state index in [1.807, 2.05) is 35.0 Å². The number of carbonyl (C=O) groups is 1. The molecule has 0 aromatic carbocycles. The summed E-state index contributed by atoms with van der Waals surface area (Å²) >= 11 is 0. The molecule has 3 heterocycles. The molecule has 0 bridgehead atoms. The first kappa shape index (κ1) is 13.1. The van der Waals surface area contributed by atoms with Gasteiger partial charge >= 0.3 is 0 Å². The molecule has 2 aromatic heterocycles. The second-order valence-corrected chi connectivity index (χ2v) is 4.98. The molecule has 0 saturated carbocycles. The van der Waals surface area contributed by atoms with Crippen molar-refractivity contribution in [3.63, 3.8) is 0 Å². The fraction of sp³-hybridized carbons (Fsp3) is 0.429. The normalized spacial score (nSPS) is 22.2. The second kappa shape index (κ2) is 5.60. The van der Waals surface area contributed by atoms with Crippen molar-refractivity contribution in [3.8, 4) is 0 Å². The van der Waals surface area contributed by atoms with Crippen molar-refractivity contribution in [2.45, 2.75) is 31.6 Å². The van der Waals surface area contributed by atoms with Gasteiger partial charge in [-0.1, -0.05) is 6.07 Å². The van der Waals surface area contributed by atoms with Gasteiger partial charge in [-0.3, -0.25) is 4.79 Å². The number of aromatic nitrogens is 2. The van der Waals surface area contributed by atoms with Crippen molar-refractivity contribution < 1.29 is 9.53 Å². The van der Waals surface area contributed by atoms with Crippen LogP contribution in [-0.4, -0.2) is 34.0 Å². The van der Waals surface area contributed by atoms with Crippen molar-refractivity contribution in [1.29, 1.82) is 0 Å². The molecule has 0 unspecified atom stereocenters. The minimum Gasteiger partial charge on any atom is -0.364 e. The fourth-order valence-corrected chi connectivity index (χ4v) is 2.44. The molecule has 0 aliphatic carbocycles. The van der Waals surface area contributed by atoms with E-state index in [-0.39, 0.29) is 18.1 Å². The molecule has 1 saturated heterocycles. The molecular formula is C14H18N4O2. The Morgan fingerprint density at radius 2 is 2.40 bits per heavy atom. The Morgan fingerprint density at radius 1 is 1.50 bits per heavy atom. The molecule has 3 N–H and O–H groups in total. The highest BCUT2D eigenvalue weighted by Gasteiger charge is 2.29. The Kier molecular flexibility index (Phi) is 3.66. The van der Waals surface area contributed by atoms with Gasteiger partial charge in [-0.25, -0.2) is 4.98 Å². The van der Waals surface area contributed by atoms with Crippen molar-refractivity contribution in [2.24, 2.45) is 5.73 Å². The predicted molar refractivity (Wildman–Crippen MR) is 74.0 cm³/mol. The number of nitrogens with two attached hydrogens (primary N) is 1. The third-order valence-electron chi connectivity index (χ3n) is 3.52. The summed E-state index contributed by atoms with van der Waals surface area (Å²) in [4.78, 5) is 16.4. The molecule has 106 valence electrons. The Morgan fingerprint density at radius 3 is 3.15 bits per heavy atom. The second-order valence-electron chi connectivity index (χ2n) is 4.98. The molecule has 6 heteroatoms. The maximum Gasteiger partial charge on any atom is 0.249 e. The number of carbonyl (C=O) groups excluding carboxylic acids is 1. The highest BCUT2D eigenvalue weighted by molar-refractivity contribution is 5.80. The van der Waals surface area contributed by atoms with Gasteiger partial charge in [0.05, 0.1) is 18.3 Å². The van der Waals surface area contributed by atoms with Crippen LogP contribution in [0.3, 0.4) is 0 Å². The summed E-state index contributed by atoms with van der Waals surface area (Å²) in [5.41, 5.74) is 7.24. The van der Waals surface area contributed by atoms with E-state index in [9.17, 15) is 4.79 Å². The van der Waals surface area contributed by atoms with Crippen LogP contribution in [0.2, 0.25) is 0 Å². The topological polar surface area (TPSA) is 81.7 Å². The van der Waals surface area contributed by atoms with Crippen LogP contribution in [0.25, 0.3) is 5.65 Å². The SMILES string of the molecule is NC[C@H]1CC[C@@H](C(=O)NCc2cn3ccccc3n2)O1. The van der Waals surface area contributed by atoms with Gasteiger partial charge in [0, 0.05) is 18.9 Å². The monoisotopic (exact) mass is 274 g/mol. The van der Waals surface area contributed by atoms with Gasteiger partial charge in [0.25, 0.3) is 0 Å². The first-order valence-electron chi connectivity index (χ1n) is 6.82. The van der Waals surface area contributed by atoms with Crippen molar-refractivity contribution in [1.82, 2.24) is 14.7 Å². The average molecular weight is 274 g/mol. The minimum absolute atomic E-state index is 0.0148. The lowest BCUT2D eigenvalue weighted by atomic mass is 10.2. The quantitative estimate of drug-likeness (QED) is 0.848. The largest absolute Gasteiger partial charge is 0.364 e. The lowest BCUT2D eigenvalue weighted by molar-refractivity contribution is -0.132. The van der Waals surface area contributed by atoms with Gasteiger partial charge in [-0.05, 0) is 25.0 Å². The van der Waals surface area contributed by atoms with Crippen LogP contribution in [0.5, 0.6) is 0 Å². The number of imidazole rings is 1. The Hall–Kier alpha value is -1.92. The number of pyridine rings is 1. The lowest BCUT2D eigenvalue weighted by Gasteiger charge is -2.11. The smallest absolute Gasteiger partial charge is 0.249 e. The number of nitrogens with one attached hydrogen (secondary N) is 1. The zero-order valence-corrected chi connectivity index (χ0v) is 11.2. The van der Waals surface area contributed by atoms with E-state index in [4.69, 9.17) is 10.5 Å². The van der Waals surface area contributed by atoms with Crippen molar-refractivity contribution >= 4 is 11.6 Å². The van der Waals surface area contributed by atoms with Crippen LogP contribution in [-0.2, 0) is 16.1 Å². The molecule has 20 heavy (non-hydrogen) atoms. The first-order valence-corrected chi connectivity index (χ1v) is 6.82. The molecule has 0 spiro atoms. The molecule has 0 radical (unpaired) electrons. The van der Waals surface area contributed by atoms with E-state index >= 15 is 0 Å². The van der Waals surface area contributed by atoms with E-state index in [2.05, 4.69) is 10.3 Å². The number of rotatable bonds is 4. The van der Waals surface area contributed by atoms with Gasteiger partial charge < -0.3 is 20.2 Å². The van der Waals surface area contributed by atoms with Crippen LogP contribution in [0.4, 0.5) is 0 Å². The molecule has 2 aromatic rings. The Labute approximate surface area is 116 Å². The summed E-state index contributed by atoms with van der Waals surface area (Å²) in [5, 5.41) is 2.87. The third kappa shape index (κ3) is 2.66. The van der Waals surface area contributed by atoms with Crippen LogP contribution >= 0.6 is 0 Å². The molecule has 1 aliphatic rings. The van der Waals surface area contributed by atoms with Crippen LogP contribution < -0.4 is 11.1 Å². The van der Waals surface area contributed by atoms with E-state index in [0.29, 0.717) is 13.1 Å². The zero-order valence-electron chi connectivity index (χ0n) is 11.2. The molecule has 2 atom stereocenters. The summed E-state index contributed by atoms with van der Waals surface area (Å²) in [5.74, 6) is -0.0852. The maximum absolute atomic E-state index is 12.0. The number of fused-ring (bicyclic) bond motifs is 1. The number of amides is 1. The highest BCUT2D eigenvalue weighted by atomic mass is 16.5. The van der Waals surface area contributed by atoms with Crippen molar-refractivity contribution in [2.75, 3.05) is 6.54 Å². The molecule has 6 nitrogen and oxygen atoms in total. The van der Waals surface area contributed by atoms with Gasteiger partial charge in [0.2, 0.25) is 5.91 Å². The third-order valence-corrected chi connectivity index (χ3v) is 3.52. The summed E-state index contributed by atoms with van der Waals surface area (Å²) in [7, 11) is 0. The van der Waals surface area contributed by atoms with Gasteiger partial charge in [-0.15, -0.1) is 0 Å². The van der Waals surface area contributed by atoms with E-state index in [1.165, 1.54) is 0 Å². The molecular weight excluding hydrogens is 256 g/mol. The average Bonchev–Trinajstić information content (AvgIpc) is 3.10. The zero-order chi connectivity index (χ0) is 13.9. The highest BCUT2D eigenvalue weighted by Crippen LogP contribution is 2.18. The Balaban J connectivity index is 1.57. The molecule has 1 fully saturated rings. The van der Waals surface area contributed by atoms with Crippen LogP contribution in [0.1, 0.15) is 18.5 Å². The van der Waals surface area contributed by atoms with Gasteiger partial charge in [0.1, 0.15) is 11.8 Å². The van der Waals surface area contributed by atoms with Gasteiger partial charge in [0.15, 0.2) is 0 Å². The number of hydrogen-bond donors (Lipinski definition) is 2. The first-order chi connectivity index (χ1) is 9.76. The maximum atomic E-state index is 12.0. The summed E-state index contributed by atoms with van der Waals surface area (Å²) in [6.45, 7) is 0.879. The summed E-state index contributed by atoms with van der Waals surface area (Å²) in [6.07, 6.45) is 5.07. The minimum atomic E-state index is -0.374. The number of ether oxygens (including phenoxy) is 1. The van der Waals surface area contributed by atoms with E-state index < -0.39 is 0 Å². The summed E-state index contributed by atoms with van der Waals surface area (Å²) < 4.78 is 7.49. The molecule has 1 aliphatic heterocycles. The fourth-order valence-electron chi connectivity index (χ4n) is 2.44. The van der Waals surface area contributed by atoms with Crippen LogP contribution in [0.15, 0.2) is 30.6 Å². The standard InChI is InChI=1S/C14H18N4O2/c15-7-11-4-5-12(20-11)14(19)16-8-10-9-18-6-2-1-3-13(18)17-10/h1-3,6,9,11-12H,4-5,7-8,15H2,(H,16,19)/t11-,12+/m1/s1. The summed E-state index contributed by atoms with van der Waals surface area (Å²) in [6, 6.07) is 5.80. The Bertz CT molecular complexity index is 577. The van der Waals surface area contributed by atoms with E-state index in [1.54, 1.807) is 0 Å². The number of nitrogens with zero attached hydrogens (tertiary/aromatic N) is 2. The molecule has 1 amide bonds. The van der Waals surface area contributed by atoms with Crippen molar-refractivity contribution in [3.05, 3.63) is 36.3 Å². The van der Waals surface area contributed by atoms with Gasteiger partial charge in [-0.2, -0.15) is 0 Å². The lowest BCUT2D eigenvalue weighted by Crippen LogP contribution is -2.35. The van der Waals surface area contributed by atoms with E-state index in [0.717, 1.165) is 24.2 Å². The number of hydrogen-bond acceptors (Lipinski definition) is 4.